The molecule has 0 aromatic heterocycles. The third kappa shape index (κ3) is 3.01. The first-order chi connectivity index (χ1) is 8.12. The van der Waals surface area contributed by atoms with Crippen LogP contribution in [-0.4, -0.2) is 25.2 Å². The minimum Gasteiger partial charge on any atom is -0.369 e. The molecule has 1 heterocycles. The zero-order chi connectivity index (χ0) is 12.3. The van der Waals surface area contributed by atoms with Gasteiger partial charge >= 0.3 is 0 Å². The van der Waals surface area contributed by atoms with Crippen LogP contribution in [0.5, 0.6) is 0 Å². The van der Waals surface area contributed by atoms with E-state index in [1.165, 1.54) is 17.7 Å². The first-order valence-corrected chi connectivity index (χ1v) is 6.70. The minimum atomic E-state index is 0.206. The fraction of sp³-hybridized carbons (Fsp3) is 0.600. The Morgan fingerprint density at radius 3 is 2.82 bits per heavy atom. The number of hydrogen-bond donors (Lipinski definition) is 1. The topological polar surface area (TPSA) is 15.3 Å². The molecule has 2 heteroatoms. The van der Waals surface area contributed by atoms with Crippen LogP contribution in [0.25, 0.3) is 0 Å². The van der Waals surface area contributed by atoms with Crippen LogP contribution in [0.2, 0.25) is 0 Å². The van der Waals surface area contributed by atoms with E-state index in [0.29, 0.717) is 0 Å². The van der Waals surface area contributed by atoms with Crippen LogP contribution in [0.15, 0.2) is 24.3 Å². The average molecular weight is 232 g/mol. The summed E-state index contributed by atoms with van der Waals surface area (Å²) in [7, 11) is 0. The van der Waals surface area contributed by atoms with Gasteiger partial charge in [-0.25, -0.2) is 0 Å². The van der Waals surface area contributed by atoms with Crippen molar-refractivity contribution in [2.75, 3.05) is 24.5 Å². The van der Waals surface area contributed by atoms with Gasteiger partial charge in [0, 0.05) is 24.3 Å². The molecule has 0 atom stereocenters. The van der Waals surface area contributed by atoms with Crippen molar-refractivity contribution in [1.82, 2.24) is 5.32 Å². The van der Waals surface area contributed by atoms with E-state index < -0.39 is 0 Å². The van der Waals surface area contributed by atoms with Crippen LogP contribution in [0.1, 0.15) is 32.8 Å². The van der Waals surface area contributed by atoms with Gasteiger partial charge < -0.3 is 10.2 Å². The second kappa shape index (κ2) is 5.09. The van der Waals surface area contributed by atoms with E-state index in [-0.39, 0.29) is 5.54 Å². The van der Waals surface area contributed by atoms with Gasteiger partial charge in [0.25, 0.3) is 0 Å². The van der Waals surface area contributed by atoms with Crippen molar-refractivity contribution in [2.45, 2.75) is 39.2 Å². The van der Waals surface area contributed by atoms with Gasteiger partial charge in [0.15, 0.2) is 0 Å². The standard InChI is InChI=1S/C15H24N2/c1-4-13-8-5-6-9-14(13)17-11-7-10-16-15(2,3)12-17/h5-6,8-9,16H,4,7,10-12H2,1-3H3. The van der Waals surface area contributed by atoms with Crippen molar-refractivity contribution in [2.24, 2.45) is 0 Å². The molecule has 1 N–H and O–H groups in total. The highest BCUT2D eigenvalue weighted by molar-refractivity contribution is 5.54. The summed E-state index contributed by atoms with van der Waals surface area (Å²) in [5.41, 5.74) is 3.09. The van der Waals surface area contributed by atoms with Crippen LogP contribution < -0.4 is 10.2 Å². The first kappa shape index (κ1) is 12.4. The van der Waals surface area contributed by atoms with Crippen molar-refractivity contribution in [3.05, 3.63) is 29.8 Å². The van der Waals surface area contributed by atoms with Gasteiger partial charge in [-0.15, -0.1) is 0 Å². The summed E-state index contributed by atoms with van der Waals surface area (Å²) in [5.74, 6) is 0. The molecule has 1 aromatic rings. The third-order valence-corrected chi connectivity index (χ3v) is 3.51. The molecule has 0 radical (unpaired) electrons. The Morgan fingerprint density at radius 1 is 1.29 bits per heavy atom. The monoisotopic (exact) mass is 232 g/mol. The van der Waals surface area contributed by atoms with Crippen molar-refractivity contribution in [1.29, 1.82) is 0 Å². The highest BCUT2D eigenvalue weighted by Crippen LogP contribution is 2.24. The highest BCUT2D eigenvalue weighted by Gasteiger charge is 2.24. The molecular formula is C15H24N2. The molecule has 1 saturated heterocycles. The second-order valence-corrected chi connectivity index (χ2v) is 5.57. The summed E-state index contributed by atoms with van der Waals surface area (Å²) >= 11 is 0. The molecule has 1 aliphatic heterocycles. The molecule has 17 heavy (non-hydrogen) atoms. The van der Waals surface area contributed by atoms with Gasteiger partial charge in [-0.1, -0.05) is 25.1 Å². The zero-order valence-corrected chi connectivity index (χ0v) is 11.3. The van der Waals surface area contributed by atoms with Crippen molar-refractivity contribution in [3.8, 4) is 0 Å². The van der Waals surface area contributed by atoms with E-state index in [4.69, 9.17) is 0 Å². The number of anilines is 1. The molecule has 0 saturated carbocycles. The Labute approximate surface area is 105 Å². The lowest BCUT2D eigenvalue weighted by atomic mass is 10.0. The third-order valence-electron chi connectivity index (χ3n) is 3.51. The number of nitrogens with zero attached hydrogens (tertiary/aromatic N) is 1. The maximum Gasteiger partial charge on any atom is 0.0399 e. The second-order valence-electron chi connectivity index (χ2n) is 5.57. The molecule has 2 rings (SSSR count). The number of nitrogens with one attached hydrogen (secondary N) is 1. The maximum atomic E-state index is 3.62. The van der Waals surface area contributed by atoms with Gasteiger partial charge in [-0.2, -0.15) is 0 Å². The average Bonchev–Trinajstić information content (AvgIpc) is 2.50. The summed E-state index contributed by atoms with van der Waals surface area (Å²) in [6.45, 7) is 10.2. The predicted octanol–water partition coefficient (Wildman–Crippen LogP) is 2.83. The fourth-order valence-electron chi connectivity index (χ4n) is 2.63. The maximum absolute atomic E-state index is 3.62. The predicted molar refractivity (Wildman–Crippen MR) is 74.7 cm³/mol. The molecule has 1 aliphatic rings. The van der Waals surface area contributed by atoms with E-state index in [9.17, 15) is 0 Å². The lowest BCUT2D eigenvalue weighted by Gasteiger charge is -2.32. The van der Waals surface area contributed by atoms with Crippen molar-refractivity contribution >= 4 is 5.69 Å². The molecule has 1 aromatic carbocycles. The van der Waals surface area contributed by atoms with Crippen LogP contribution >= 0.6 is 0 Å². The van der Waals surface area contributed by atoms with E-state index in [1.807, 2.05) is 0 Å². The summed E-state index contributed by atoms with van der Waals surface area (Å²) in [6.07, 6.45) is 2.34. The van der Waals surface area contributed by atoms with E-state index in [2.05, 4.69) is 55.3 Å². The Hall–Kier alpha value is -1.02. The fourth-order valence-corrected chi connectivity index (χ4v) is 2.63. The lowest BCUT2D eigenvalue weighted by Crippen LogP contribution is -2.46. The zero-order valence-electron chi connectivity index (χ0n) is 11.3. The first-order valence-electron chi connectivity index (χ1n) is 6.70. The molecule has 0 spiro atoms. The number of benzene rings is 1. The number of para-hydroxylation sites is 1. The Kier molecular flexibility index (Phi) is 3.72. The quantitative estimate of drug-likeness (QED) is 0.843. The number of rotatable bonds is 2. The van der Waals surface area contributed by atoms with Crippen LogP contribution in [0, 0.1) is 0 Å². The van der Waals surface area contributed by atoms with E-state index in [0.717, 1.165) is 26.1 Å². The molecule has 1 fully saturated rings. The van der Waals surface area contributed by atoms with Gasteiger partial charge in [0.1, 0.15) is 0 Å². The summed E-state index contributed by atoms with van der Waals surface area (Å²) < 4.78 is 0. The number of hydrogen-bond acceptors (Lipinski definition) is 2. The molecule has 0 aliphatic carbocycles. The van der Waals surface area contributed by atoms with Crippen molar-refractivity contribution < 1.29 is 0 Å². The van der Waals surface area contributed by atoms with Crippen LogP contribution in [0.3, 0.4) is 0 Å². The Morgan fingerprint density at radius 2 is 2.06 bits per heavy atom. The molecule has 2 nitrogen and oxygen atoms in total. The summed E-state index contributed by atoms with van der Waals surface area (Å²) in [4.78, 5) is 2.54. The van der Waals surface area contributed by atoms with E-state index in [1.54, 1.807) is 0 Å². The van der Waals surface area contributed by atoms with Crippen molar-refractivity contribution in [3.63, 3.8) is 0 Å². The SMILES string of the molecule is CCc1ccccc1N1CCCNC(C)(C)C1. The van der Waals surface area contributed by atoms with Gasteiger partial charge in [-0.05, 0) is 44.9 Å². The Balaban J connectivity index is 2.25. The largest absolute Gasteiger partial charge is 0.369 e. The molecule has 0 bridgehead atoms. The molecular weight excluding hydrogens is 208 g/mol. The lowest BCUT2D eigenvalue weighted by molar-refractivity contribution is 0.416. The van der Waals surface area contributed by atoms with Gasteiger partial charge in [0.05, 0.1) is 0 Å². The summed E-state index contributed by atoms with van der Waals surface area (Å²) in [6, 6.07) is 8.81. The highest BCUT2D eigenvalue weighted by atomic mass is 15.2. The van der Waals surface area contributed by atoms with Gasteiger partial charge in [0.2, 0.25) is 0 Å². The van der Waals surface area contributed by atoms with Gasteiger partial charge in [-0.3, -0.25) is 0 Å². The normalized spacial score (nSPS) is 20.1. The molecule has 94 valence electrons. The van der Waals surface area contributed by atoms with Crippen LogP contribution in [0.4, 0.5) is 5.69 Å². The molecule has 0 amide bonds. The summed E-state index contributed by atoms with van der Waals surface area (Å²) in [5, 5.41) is 3.62. The minimum absolute atomic E-state index is 0.206. The molecule has 0 unspecified atom stereocenters. The Bertz CT molecular complexity index is 371. The van der Waals surface area contributed by atoms with E-state index >= 15 is 0 Å². The van der Waals surface area contributed by atoms with Crippen LogP contribution in [-0.2, 0) is 6.42 Å². The number of aryl methyl sites for hydroxylation is 1. The smallest absolute Gasteiger partial charge is 0.0399 e.